The maximum atomic E-state index is 5.30. The summed E-state index contributed by atoms with van der Waals surface area (Å²) in [6.45, 7) is 0.761. The summed E-state index contributed by atoms with van der Waals surface area (Å²) in [6, 6.07) is 5.92. The number of benzene rings is 1. The lowest BCUT2D eigenvalue weighted by molar-refractivity contribution is 0.354. The van der Waals surface area contributed by atoms with Crippen LogP contribution in [-0.4, -0.2) is 37.8 Å². The molecule has 6 heteroatoms. The summed E-state index contributed by atoms with van der Waals surface area (Å²) in [7, 11) is 5.09. The molecule has 6 nitrogen and oxygen atoms in total. The molecule has 0 bridgehead atoms. The first-order valence-electron chi connectivity index (χ1n) is 6.71. The molecular formula is C15H20N4O2. The Bertz CT molecular complexity index is 590. The topological polar surface area (TPSA) is 68.3 Å². The maximum absolute atomic E-state index is 5.30. The van der Waals surface area contributed by atoms with Gasteiger partial charge in [-0.05, 0) is 24.1 Å². The predicted octanol–water partition coefficient (Wildman–Crippen LogP) is 2.19. The van der Waals surface area contributed by atoms with Gasteiger partial charge >= 0.3 is 0 Å². The second-order valence-electron chi connectivity index (χ2n) is 4.41. The molecule has 2 aromatic rings. The standard InChI is InChI=1S/C15H20N4O2/c1-16-14-9-17-10-15(19-14)18-7-6-11-4-5-12(20-2)13(8-11)21-3/h4-5,8-10H,6-7H2,1-3H3,(H2,16,18,19). The van der Waals surface area contributed by atoms with E-state index in [0.717, 1.165) is 41.7 Å². The zero-order valence-corrected chi connectivity index (χ0v) is 12.5. The normalized spacial score (nSPS) is 10.0. The van der Waals surface area contributed by atoms with Gasteiger partial charge in [-0.1, -0.05) is 6.07 Å². The Labute approximate surface area is 124 Å². The molecule has 0 amide bonds. The highest BCUT2D eigenvalue weighted by Crippen LogP contribution is 2.27. The molecule has 0 radical (unpaired) electrons. The summed E-state index contributed by atoms with van der Waals surface area (Å²) in [5, 5.41) is 6.21. The van der Waals surface area contributed by atoms with Crippen LogP contribution in [0.2, 0.25) is 0 Å². The van der Waals surface area contributed by atoms with Gasteiger partial charge in [-0.25, -0.2) is 4.98 Å². The van der Waals surface area contributed by atoms with E-state index in [1.807, 2.05) is 25.2 Å². The Morgan fingerprint density at radius 1 is 1.05 bits per heavy atom. The second kappa shape index (κ2) is 7.33. The van der Waals surface area contributed by atoms with Crippen molar-refractivity contribution in [3.8, 4) is 11.5 Å². The summed E-state index contributed by atoms with van der Waals surface area (Å²) in [5.41, 5.74) is 1.16. The number of nitrogens with one attached hydrogen (secondary N) is 2. The van der Waals surface area contributed by atoms with Crippen LogP contribution in [0.1, 0.15) is 5.56 Å². The fraction of sp³-hybridized carbons (Fsp3) is 0.333. The van der Waals surface area contributed by atoms with Gasteiger partial charge in [-0.3, -0.25) is 4.98 Å². The largest absolute Gasteiger partial charge is 0.493 e. The van der Waals surface area contributed by atoms with Crippen molar-refractivity contribution in [2.75, 3.05) is 38.4 Å². The van der Waals surface area contributed by atoms with Gasteiger partial charge in [0.2, 0.25) is 0 Å². The molecular weight excluding hydrogens is 268 g/mol. The molecule has 1 aromatic carbocycles. The molecule has 1 aromatic heterocycles. The van der Waals surface area contributed by atoms with Crippen molar-refractivity contribution >= 4 is 11.6 Å². The zero-order chi connectivity index (χ0) is 15.1. The number of anilines is 2. The molecule has 112 valence electrons. The highest BCUT2D eigenvalue weighted by atomic mass is 16.5. The first-order valence-corrected chi connectivity index (χ1v) is 6.71. The number of hydrogen-bond acceptors (Lipinski definition) is 6. The Balaban J connectivity index is 1.93. The number of aromatic nitrogens is 2. The van der Waals surface area contributed by atoms with Crippen LogP contribution in [0, 0.1) is 0 Å². The number of rotatable bonds is 7. The molecule has 0 unspecified atom stereocenters. The van der Waals surface area contributed by atoms with Crippen LogP contribution >= 0.6 is 0 Å². The molecule has 0 saturated heterocycles. The number of methoxy groups -OCH3 is 2. The van der Waals surface area contributed by atoms with Crippen LogP contribution in [0.5, 0.6) is 11.5 Å². The first-order chi connectivity index (χ1) is 10.3. The van der Waals surface area contributed by atoms with Crippen molar-refractivity contribution in [1.29, 1.82) is 0 Å². The molecule has 0 saturated carbocycles. The third-order valence-electron chi connectivity index (χ3n) is 3.06. The van der Waals surface area contributed by atoms with Crippen LogP contribution in [0.15, 0.2) is 30.6 Å². The fourth-order valence-electron chi connectivity index (χ4n) is 1.94. The number of hydrogen-bond donors (Lipinski definition) is 2. The van der Waals surface area contributed by atoms with Gasteiger partial charge in [0.1, 0.15) is 11.6 Å². The smallest absolute Gasteiger partial charge is 0.160 e. The molecule has 0 aliphatic heterocycles. The van der Waals surface area contributed by atoms with Crippen molar-refractivity contribution in [3.05, 3.63) is 36.2 Å². The van der Waals surface area contributed by atoms with Gasteiger partial charge < -0.3 is 20.1 Å². The van der Waals surface area contributed by atoms with Gasteiger partial charge in [-0.2, -0.15) is 0 Å². The van der Waals surface area contributed by atoms with Gasteiger partial charge in [0.25, 0.3) is 0 Å². The molecule has 0 aliphatic carbocycles. The third-order valence-corrected chi connectivity index (χ3v) is 3.06. The van der Waals surface area contributed by atoms with Crippen LogP contribution in [0.3, 0.4) is 0 Å². The molecule has 21 heavy (non-hydrogen) atoms. The monoisotopic (exact) mass is 288 g/mol. The average molecular weight is 288 g/mol. The molecule has 0 aliphatic rings. The highest BCUT2D eigenvalue weighted by molar-refractivity contribution is 5.44. The van der Waals surface area contributed by atoms with Crippen molar-refractivity contribution in [2.24, 2.45) is 0 Å². The fourth-order valence-corrected chi connectivity index (χ4v) is 1.94. The quantitative estimate of drug-likeness (QED) is 0.814. The Kier molecular flexibility index (Phi) is 5.20. The van der Waals surface area contributed by atoms with E-state index in [0.29, 0.717) is 0 Å². The lowest BCUT2D eigenvalue weighted by Crippen LogP contribution is -2.07. The van der Waals surface area contributed by atoms with Gasteiger partial charge in [0, 0.05) is 13.6 Å². The Hall–Kier alpha value is -2.50. The summed E-state index contributed by atoms with van der Waals surface area (Å²) in [5.74, 6) is 2.97. The number of nitrogens with zero attached hydrogens (tertiary/aromatic N) is 2. The lowest BCUT2D eigenvalue weighted by Gasteiger charge is -2.10. The van der Waals surface area contributed by atoms with Crippen molar-refractivity contribution < 1.29 is 9.47 Å². The van der Waals surface area contributed by atoms with Crippen LogP contribution in [0.4, 0.5) is 11.6 Å². The maximum Gasteiger partial charge on any atom is 0.160 e. The van der Waals surface area contributed by atoms with E-state index in [2.05, 4.69) is 20.6 Å². The minimum atomic E-state index is 0.738. The number of ether oxygens (including phenoxy) is 2. The van der Waals surface area contributed by atoms with Gasteiger partial charge in [0.15, 0.2) is 11.5 Å². The SMILES string of the molecule is CNc1cncc(NCCc2ccc(OC)c(OC)c2)n1. The van der Waals surface area contributed by atoms with Gasteiger partial charge in [0.05, 0.1) is 26.6 Å². The lowest BCUT2D eigenvalue weighted by atomic mass is 10.1. The Morgan fingerprint density at radius 3 is 2.52 bits per heavy atom. The molecule has 0 fully saturated rings. The highest BCUT2D eigenvalue weighted by Gasteiger charge is 2.04. The van der Waals surface area contributed by atoms with E-state index in [1.54, 1.807) is 26.6 Å². The van der Waals surface area contributed by atoms with Gasteiger partial charge in [-0.15, -0.1) is 0 Å². The molecule has 0 spiro atoms. The van der Waals surface area contributed by atoms with E-state index >= 15 is 0 Å². The molecule has 0 atom stereocenters. The van der Waals surface area contributed by atoms with Crippen molar-refractivity contribution in [1.82, 2.24) is 9.97 Å². The zero-order valence-electron chi connectivity index (χ0n) is 12.5. The van der Waals surface area contributed by atoms with Crippen molar-refractivity contribution in [3.63, 3.8) is 0 Å². The van der Waals surface area contributed by atoms with E-state index < -0.39 is 0 Å². The van der Waals surface area contributed by atoms with E-state index in [9.17, 15) is 0 Å². The Morgan fingerprint density at radius 2 is 1.81 bits per heavy atom. The second-order valence-corrected chi connectivity index (χ2v) is 4.41. The summed E-state index contributed by atoms with van der Waals surface area (Å²) < 4.78 is 10.5. The predicted molar refractivity (Wildman–Crippen MR) is 83.3 cm³/mol. The van der Waals surface area contributed by atoms with E-state index in [4.69, 9.17) is 9.47 Å². The van der Waals surface area contributed by atoms with Crippen molar-refractivity contribution in [2.45, 2.75) is 6.42 Å². The molecule has 2 N–H and O–H groups in total. The summed E-state index contributed by atoms with van der Waals surface area (Å²) in [4.78, 5) is 8.46. The average Bonchev–Trinajstić information content (AvgIpc) is 2.55. The minimum Gasteiger partial charge on any atom is -0.493 e. The van der Waals surface area contributed by atoms with Crippen LogP contribution in [0.25, 0.3) is 0 Å². The van der Waals surface area contributed by atoms with E-state index in [-0.39, 0.29) is 0 Å². The summed E-state index contributed by atoms with van der Waals surface area (Å²) >= 11 is 0. The van der Waals surface area contributed by atoms with Crippen LogP contribution in [-0.2, 0) is 6.42 Å². The molecule has 2 rings (SSSR count). The minimum absolute atomic E-state index is 0.738. The van der Waals surface area contributed by atoms with E-state index in [1.165, 1.54) is 0 Å². The first kappa shape index (κ1) is 14.9. The third kappa shape index (κ3) is 3.98. The molecule has 1 heterocycles. The summed E-state index contributed by atoms with van der Waals surface area (Å²) in [6.07, 6.45) is 4.24. The van der Waals surface area contributed by atoms with Crippen LogP contribution < -0.4 is 20.1 Å².